The molecule has 0 fully saturated rings. The van der Waals surface area contributed by atoms with Crippen molar-refractivity contribution in [1.29, 1.82) is 5.26 Å². The highest BCUT2D eigenvalue weighted by atomic mass is 32.2. The van der Waals surface area contributed by atoms with Gasteiger partial charge in [0.1, 0.15) is 6.10 Å². The first-order valence-corrected chi connectivity index (χ1v) is 13.2. The van der Waals surface area contributed by atoms with E-state index in [1.807, 2.05) is 17.8 Å². The number of ether oxygens (including phenoxy) is 1. The van der Waals surface area contributed by atoms with Crippen LogP contribution < -0.4 is 0 Å². The van der Waals surface area contributed by atoms with Crippen molar-refractivity contribution < 1.29 is 9.16 Å². The predicted molar refractivity (Wildman–Crippen MR) is 114 cm³/mol. The van der Waals surface area contributed by atoms with Crippen LogP contribution in [0.1, 0.15) is 34.6 Å². The fourth-order valence-electron chi connectivity index (χ4n) is 2.72. The van der Waals surface area contributed by atoms with E-state index in [1.165, 1.54) is 4.90 Å². The summed E-state index contributed by atoms with van der Waals surface area (Å²) in [5, 5.41) is 9.83. The molecular weight excluding hydrogens is 358 g/mol. The monoisotopic (exact) mass is 393 g/mol. The molecular formula is C21H35NO2SSi. The topological polar surface area (TPSA) is 42.2 Å². The average Bonchev–Trinajstić information content (AvgIpc) is 2.58. The minimum Gasteiger partial charge on any atom is -0.401 e. The van der Waals surface area contributed by atoms with Gasteiger partial charge in [-0.15, -0.1) is 11.8 Å². The van der Waals surface area contributed by atoms with Crippen molar-refractivity contribution in [2.75, 3.05) is 12.9 Å². The van der Waals surface area contributed by atoms with Crippen molar-refractivity contribution in [2.45, 2.75) is 69.9 Å². The molecule has 3 nitrogen and oxygen atoms in total. The molecule has 0 aliphatic rings. The van der Waals surface area contributed by atoms with Crippen molar-refractivity contribution in [3.05, 3.63) is 30.3 Å². The molecule has 0 N–H and O–H groups in total. The van der Waals surface area contributed by atoms with Gasteiger partial charge in [-0.2, -0.15) is 5.26 Å². The largest absolute Gasteiger partial charge is 0.401 e. The highest BCUT2D eigenvalue weighted by molar-refractivity contribution is 7.99. The Morgan fingerprint density at radius 2 is 1.73 bits per heavy atom. The molecule has 0 unspecified atom stereocenters. The molecule has 0 spiro atoms. The zero-order chi connectivity index (χ0) is 20.0. The van der Waals surface area contributed by atoms with Crippen LogP contribution >= 0.6 is 11.8 Å². The summed E-state index contributed by atoms with van der Waals surface area (Å²) < 4.78 is 12.2. The lowest BCUT2D eigenvalue weighted by Gasteiger charge is -2.40. The molecule has 0 radical (unpaired) electrons. The van der Waals surface area contributed by atoms with Gasteiger partial charge in [0.2, 0.25) is 0 Å². The zero-order valence-corrected chi connectivity index (χ0v) is 19.4. The van der Waals surface area contributed by atoms with Crippen LogP contribution in [-0.2, 0) is 9.16 Å². The van der Waals surface area contributed by atoms with Crippen LogP contribution in [0.25, 0.3) is 0 Å². The van der Waals surface area contributed by atoms with E-state index in [1.54, 1.807) is 7.11 Å². The van der Waals surface area contributed by atoms with Crippen LogP contribution in [0.2, 0.25) is 18.1 Å². The summed E-state index contributed by atoms with van der Waals surface area (Å²) in [6, 6.07) is 12.8. The van der Waals surface area contributed by atoms with Gasteiger partial charge in [-0.05, 0) is 36.2 Å². The lowest BCUT2D eigenvalue weighted by Crippen LogP contribution is -2.47. The standard InChI is InChI=1S/C21H35NO2SSi/c1-16(15-25-18-12-10-9-11-13-18)20(23-6)17(2)19(14-22)24-26(7,8)21(3,4)5/h9-13,16-17,19-20H,15H2,1-8H3/t16-,17+,19-,20-/m0/s1. The van der Waals surface area contributed by atoms with Crippen molar-refractivity contribution in [3.8, 4) is 6.07 Å². The zero-order valence-electron chi connectivity index (χ0n) is 17.6. The molecule has 0 amide bonds. The maximum absolute atomic E-state index is 9.75. The molecule has 0 saturated heterocycles. The molecule has 0 heterocycles. The lowest BCUT2D eigenvalue weighted by molar-refractivity contribution is -0.00939. The Balaban J connectivity index is 2.78. The first-order valence-electron chi connectivity index (χ1n) is 9.31. The van der Waals surface area contributed by atoms with Gasteiger partial charge in [0, 0.05) is 23.7 Å². The third-order valence-corrected chi connectivity index (χ3v) is 11.2. The summed E-state index contributed by atoms with van der Waals surface area (Å²) >= 11 is 1.83. The maximum Gasteiger partial charge on any atom is 0.193 e. The first-order chi connectivity index (χ1) is 12.0. The second kappa shape index (κ2) is 9.94. The molecule has 0 aromatic heterocycles. The molecule has 1 aromatic carbocycles. The Morgan fingerprint density at radius 3 is 2.19 bits per heavy atom. The van der Waals surface area contributed by atoms with Crippen LogP contribution in [0, 0.1) is 23.2 Å². The average molecular weight is 394 g/mol. The van der Waals surface area contributed by atoms with Crippen LogP contribution in [0.5, 0.6) is 0 Å². The van der Waals surface area contributed by atoms with Gasteiger partial charge in [-0.3, -0.25) is 0 Å². The Bertz CT molecular complexity index is 580. The normalized spacial score (nSPS) is 17.2. The molecule has 0 bridgehead atoms. The van der Waals surface area contributed by atoms with E-state index < -0.39 is 14.4 Å². The van der Waals surface area contributed by atoms with Gasteiger partial charge in [-0.25, -0.2) is 0 Å². The van der Waals surface area contributed by atoms with Gasteiger partial charge < -0.3 is 9.16 Å². The molecule has 5 heteroatoms. The van der Waals surface area contributed by atoms with E-state index in [0.717, 1.165) is 5.75 Å². The molecule has 0 aliphatic heterocycles. The summed E-state index contributed by atoms with van der Waals surface area (Å²) in [4.78, 5) is 1.26. The van der Waals surface area contributed by atoms with Crippen molar-refractivity contribution in [2.24, 2.45) is 11.8 Å². The Hall–Kier alpha value is -0.803. The van der Waals surface area contributed by atoms with E-state index in [4.69, 9.17) is 9.16 Å². The smallest absolute Gasteiger partial charge is 0.193 e. The molecule has 0 aliphatic carbocycles. The molecule has 146 valence electrons. The fourth-order valence-corrected chi connectivity index (χ4v) is 4.97. The minimum atomic E-state index is -2.00. The Labute approximate surface area is 165 Å². The first kappa shape index (κ1) is 23.2. The van der Waals surface area contributed by atoms with Gasteiger partial charge >= 0.3 is 0 Å². The quantitative estimate of drug-likeness (QED) is 0.382. The number of hydrogen-bond acceptors (Lipinski definition) is 4. The Morgan fingerprint density at radius 1 is 1.15 bits per heavy atom. The van der Waals surface area contributed by atoms with E-state index in [0.29, 0.717) is 5.92 Å². The summed E-state index contributed by atoms with van der Waals surface area (Å²) in [5.41, 5.74) is 0. The summed E-state index contributed by atoms with van der Waals surface area (Å²) in [6.07, 6.45) is -0.453. The molecule has 0 saturated carbocycles. The summed E-state index contributed by atoms with van der Waals surface area (Å²) in [6.45, 7) is 15.3. The van der Waals surface area contributed by atoms with Crippen molar-refractivity contribution >= 4 is 20.1 Å². The predicted octanol–water partition coefficient (Wildman–Crippen LogP) is 5.98. The maximum atomic E-state index is 9.75. The van der Waals surface area contributed by atoms with Crippen molar-refractivity contribution in [1.82, 2.24) is 0 Å². The lowest BCUT2D eigenvalue weighted by atomic mass is 9.90. The SMILES string of the molecule is CO[C@H]([C@H](C)[C@H](C#N)O[Si](C)(C)C(C)(C)C)[C@@H](C)CSc1ccccc1. The highest BCUT2D eigenvalue weighted by Crippen LogP contribution is 2.39. The molecule has 1 aromatic rings. The minimum absolute atomic E-state index is 0.0133. The van der Waals surface area contributed by atoms with Gasteiger partial charge in [0.25, 0.3) is 0 Å². The second-order valence-electron chi connectivity index (χ2n) is 8.59. The summed E-state index contributed by atoms with van der Waals surface area (Å²) in [5.74, 6) is 1.29. The van der Waals surface area contributed by atoms with Crippen LogP contribution in [0.4, 0.5) is 0 Å². The Kier molecular flexibility index (Phi) is 8.88. The van der Waals surface area contributed by atoms with Gasteiger partial charge in [0.05, 0.1) is 12.2 Å². The number of thioether (sulfide) groups is 1. The second-order valence-corrected chi connectivity index (χ2v) is 14.4. The van der Waals surface area contributed by atoms with E-state index >= 15 is 0 Å². The van der Waals surface area contributed by atoms with Crippen LogP contribution in [0.15, 0.2) is 35.2 Å². The number of rotatable bonds is 9. The van der Waals surface area contributed by atoms with E-state index in [9.17, 15) is 5.26 Å². The summed E-state index contributed by atoms with van der Waals surface area (Å²) in [7, 11) is -0.258. The van der Waals surface area contributed by atoms with Gasteiger partial charge in [0.15, 0.2) is 8.32 Å². The fraction of sp³-hybridized carbons (Fsp3) is 0.667. The third-order valence-electron chi connectivity index (χ3n) is 5.44. The highest BCUT2D eigenvalue weighted by Gasteiger charge is 2.42. The number of hydrogen-bond donors (Lipinski definition) is 0. The van der Waals surface area contributed by atoms with Crippen molar-refractivity contribution in [3.63, 3.8) is 0 Å². The van der Waals surface area contributed by atoms with Crippen LogP contribution in [0.3, 0.4) is 0 Å². The molecule has 26 heavy (non-hydrogen) atoms. The number of nitrogens with zero attached hydrogens (tertiary/aromatic N) is 1. The third kappa shape index (κ3) is 6.42. The van der Waals surface area contributed by atoms with Gasteiger partial charge in [-0.1, -0.05) is 52.8 Å². The number of benzene rings is 1. The molecule has 1 rings (SSSR count). The van der Waals surface area contributed by atoms with E-state index in [2.05, 4.69) is 78.0 Å². The number of methoxy groups -OCH3 is 1. The molecule has 4 atom stereocenters. The van der Waals surface area contributed by atoms with E-state index in [-0.39, 0.29) is 17.1 Å². The number of nitriles is 1. The van der Waals surface area contributed by atoms with Crippen LogP contribution in [-0.4, -0.2) is 33.4 Å².